The number of unbranched alkanes of at least 4 members (excludes halogenated alkanes) is 2. The molecule has 0 aliphatic heterocycles. The summed E-state index contributed by atoms with van der Waals surface area (Å²) >= 11 is 6.50. The second-order valence-electron chi connectivity index (χ2n) is 3.39. The van der Waals surface area contributed by atoms with Crippen LogP contribution in [0, 0.1) is 0 Å². The molecular formula is C10H21ClSi. The van der Waals surface area contributed by atoms with Crippen LogP contribution in [0.4, 0.5) is 0 Å². The highest BCUT2D eigenvalue weighted by Crippen LogP contribution is 2.27. The fourth-order valence-corrected chi connectivity index (χ4v) is 3.83. The van der Waals surface area contributed by atoms with E-state index < -0.39 is 7.38 Å². The number of rotatable bonds is 7. The van der Waals surface area contributed by atoms with Gasteiger partial charge in [0.05, 0.1) is 0 Å². The molecule has 0 aromatic rings. The standard InChI is InChI=1S/C10H21ClSi/c1-4-7-8-9-10-12(11,5-2)6-3/h4H,1,5-10H2,2-3H3. The van der Waals surface area contributed by atoms with Gasteiger partial charge in [0.25, 0.3) is 0 Å². The first-order valence-corrected chi connectivity index (χ1v) is 8.61. The number of halogens is 1. The van der Waals surface area contributed by atoms with Crippen molar-refractivity contribution in [2.45, 2.75) is 51.2 Å². The molecule has 0 bridgehead atoms. The van der Waals surface area contributed by atoms with Gasteiger partial charge < -0.3 is 0 Å². The largest absolute Gasteiger partial charge is 0.167 e. The zero-order chi connectivity index (χ0) is 9.45. The van der Waals surface area contributed by atoms with E-state index in [0.29, 0.717) is 0 Å². The van der Waals surface area contributed by atoms with Crippen LogP contribution in [-0.2, 0) is 0 Å². The van der Waals surface area contributed by atoms with E-state index in [0.717, 1.165) is 6.42 Å². The molecule has 0 heterocycles. The number of allylic oxidation sites excluding steroid dienone is 1. The summed E-state index contributed by atoms with van der Waals surface area (Å²) < 4.78 is 0. The Bertz CT molecular complexity index is 119. The van der Waals surface area contributed by atoms with Gasteiger partial charge in [-0.15, -0.1) is 6.58 Å². The van der Waals surface area contributed by atoms with Crippen LogP contribution in [-0.4, -0.2) is 7.38 Å². The van der Waals surface area contributed by atoms with E-state index in [9.17, 15) is 0 Å². The van der Waals surface area contributed by atoms with Gasteiger partial charge in [0.15, 0.2) is 7.38 Å². The van der Waals surface area contributed by atoms with Gasteiger partial charge in [-0.25, -0.2) is 0 Å². The van der Waals surface area contributed by atoms with Gasteiger partial charge in [-0.2, -0.15) is 11.1 Å². The molecule has 0 nitrogen and oxygen atoms in total. The monoisotopic (exact) mass is 204 g/mol. The Morgan fingerprint density at radius 3 is 2.25 bits per heavy atom. The van der Waals surface area contributed by atoms with Crippen molar-refractivity contribution >= 4 is 18.5 Å². The minimum Gasteiger partial charge on any atom is -0.167 e. The second kappa shape index (κ2) is 6.73. The van der Waals surface area contributed by atoms with Crippen molar-refractivity contribution < 1.29 is 0 Å². The average Bonchev–Trinajstić information content (AvgIpc) is 2.12. The smallest absolute Gasteiger partial charge is 0.156 e. The lowest BCUT2D eigenvalue weighted by molar-refractivity contribution is 0.802. The molecule has 0 aliphatic carbocycles. The van der Waals surface area contributed by atoms with Gasteiger partial charge >= 0.3 is 0 Å². The van der Waals surface area contributed by atoms with E-state index in [-0.39, 0.29) is 0 Å². The molecule has 0 atom stereocenters. The molecule has 2 heteroatoms. The van der Waals surface area contributed by atoms with Crippen molar-refractivity contribution in [1.82, 2.24) is 0 Å². The van der Waals surface area contributed by atoms with E-state index in [1.54, 1.807) is 0 Å². The third-order valence-electron chi connectivity index (χ3n) is 2.55. The van der Waals surface area contributed by atoms with Crippen LogP contribution in [0.1, 0.15) is 33.1 Å². The maximum absolute atomic E-state index is 6.50. The maximum Gasteiger partial charge on any atom is 0.156 e. The van der Waals surface area contributed by atoms with Crippen LogP contribution in [0.25, 0.3) is 0 Å². The van der Waals surface area contributed by atoms with Gasteiger partial charge in [-0.05, 0) is 24.6 Å². The molecule has 72 valence electrons. The molecule has 0 amide bonds. The molecule has 0 aromatic carbocycles. The summed E-state index contributed by atoms with van der Waals surface area (Å²) in [7, 11) is -1.31. The molecular weight excluding hydrogens is 184 g/mol. The lowest BCUT2D eigenvalue weighted by atomic mass is 10.2. The molecule has 0 aromatic heterocycles. The van der Waals surface area contributed by atoms with Crippen molar-refractivity contribution in [3.63, 3.8) is 0 Å². The summed E-state index contributed by atoms with van der Waals surface area (Å²) in [6, 6.07) is 3.73. The van der Waals surface area contributed by atoms with Gasteiger partial charge in [0.1, 0.15) is 0 Å². The summed E-state index contributed by atoms with van der Waals surface area (Å²) in [6.07, 6.45) is 5.71. The molecule has 0 radical (unpaired) electrons. The minimum atomic E-state index is -1.31. The van der Waals surface area contributed by atoms with Crippen LogP contribution in [0.2, 0.25) is 18.1 Å². The highest BCUT2D eigenvalue weighted by molar-refractivity contribution is 7.20. The van der Waals surface area contributed by atoms with Gasteiger partial charge in [0.2, 0.25) is 0 Å². The van der Waals surface area contributed by atoms with Gasteiger partial charge in [0, 0.05) is 0 Å². The van der Waals surface area contributed by atoms with Crippen molar-refractivity contribution in [3.05, 3.63) is 12.7 Å². The Hall–Kier alpha value is 0.247. The molecule has 0 fully saturated rings. The van der Waals surface area contributed by atoms with E-state index in [1.165, 1.54) is 31.0 Å². The first-order valence-electron chi connectivity index (χ1n) is 4.98. The number of hydrogen-bond donors (Lipinski definition) is 0. The fraction of sp³-hybridized carbons (Fsp3) is 0.800. The summed E-state index contributed by atoms with van der Waals surface area (Å²) in [6.45, 7) is 8.18. The minimum absolute atomic E-state index is 1.15. The van der Waals surface area contributed by atoms with Crippen molar-refractivity contribution in [2.75, 3.05) is 0 Å². The Kier molecular flexibility index (Phi) is 6.87. The Labute approximate surface area is 82.7 Å². The average molecular weight is 205 g/mol. The Morgan fingerprint density at radius 1 is 1.25 bits per heavy atom. The zero-order valence-electron chi connectivity index (χ0n) is 8.41. The first-order chi connectivity index (χ1) is 5.68. The number of hydrogen-bond acceptors (Lipinski definition) is 0. The predicted octanol–water partition coefficient (Wildman–Crippen LogP) is 4.57. The van der Waals surface area contributed by atoms with Crippen molar-refractivity contribution in [2.24, 2.45) is 0 Å². The SMILES string of the molecule is C=CCCCC[Si](Cl)(CC)CC. The summed E-state index contributed by atoms with van der Waals surface area (Å²) in [5.41, 5.74) is 0. The normalized spacial score (nSPS) is 11.6. The van der Waals surface area contributed by atoms with Crippen molar-refractivity contribution in [1.29, 1.82) is 0 Å². The van der Waals surface area contributed by atoms with Crippen LogP contribution >= 0.6 is 11.1 Å². The molecule has 0 rings (SSSR count). The highest BCUT2D eigenvalue weighted by Gasteiger charge is 2.24. The van der Waals surface area contributed by atoms with E-state index in [2.05, 4.69) is 20.4 Å². The predicted molar refractivity (Wildman–Crippen MR) is 61.4 cm³/mol. The molecule has 0 aliphatic rings. The van der Waals surface area contributed by atoms with E-state index in [4.69, 9.17) is 11.1 Å². The third-order valence-corrected chi connectivity index (χ3v) is 8.51. The van der Waals surface area contributed by atoms with Crippen LogP contribution in [0.5, 0.6) is 0 Å². The van der Waals surface area contributed by atoms with E-state index >= 15 is 0 Å². The topological polar surface area (TPSA) is 0 Å². The summed E-state index contributed by atoms with van der Waals surface area (Å²) in [5.74, 6) is 0. The van der Waals surface area contributed by atoms with Crippen LogP contribution < -0.4 is 0 Å². The quantitative estimate of drug-likeness (QED) is 0.247. The van der Waals surface area contributed by atoms with Crippen LogP contribution in [0.15, 0.2) is 12.7 Å². The Morgan fingerprint density at radius 2 is 1.83 bits per heavy atom. The second-order valence-corrected chi connectivity index (χ2v) is 10.0. The maximum atomic E-state index is 6.50. The zero-order valence-corrected chi connectivity index (χ0v) is 10.2. The first kappa shape index (κ1) is 12.2. The van der Waals surface area contributed by atoms with Gasteiger partial charge in [-0.1, -0.05) is 32.8 Å². The summed E-state index contributed by atoms with van der Waals surface area (Å²) in [5, 5.41) is 0. The lowest BCUT2D eigenvalue weighted by Crippen LogP contribution is -2.23. The molecule has 12 heavy (non-hydrogen) atoms. The molecule has 0 saturated carbocycles. The lowest BCUT2D eigenvalue weighted by Gasteiger charge is -2.20. The van der Waals surface area contributed by atoms with Crippen LogP contribution in [0.3, 0.4) is 0 Å². The molecule has 0 spiro atoms. The Balaban J connectivity index is 3.51. The van der Waals surface area contributed by atoms with E-state index in [1.807, 2.05) is 6.08 Å². The van der Waals surface area contributed by atoms with Crippen molar-refractivity contribution in [3.8, 4) is 0 Å². The molecule has 0 saturated heterocycles. The fourth-order valence-electron chi connectivity index (χ4n) is 1.33. The third kappa shape index (κ3) is 4.99. The van der Waals surface area contributed by atoms with Gasteiger partial charge in [-0.3, -0.25) is 0 Å². The highest BCUT2D eigenvalue weighted by atomic mass is 35.6. The molecule has 0 unspecified atom stereocenters. The molecule has 0 N–H and O–H groups in total. The summed E-state index contributed by atoms with van der Waals surface area (Å²) in [4.78, 5) is 0.